The lowest BCUT2D eigenvalue weighted by Crippen LogP contribution is -2.19. The maximum absolute atomic E-state index is 5.80. The Morgan fingerprint density at radius 1 is 1.12 bits per heavy atom. The lowest BCUT2D eigenvalue weighted by Gasteiger charge is -2.21. The van der Waals surface area contributed by atoms with E-state index >= 15 is 0 Å². The van der Waals surface area contributed by atoms with Gasteiger partial charge in [-0.15, -0.1) is 0 Å². The third-order valence-corrected chi connectivity index (χ3v) is 3.63. The normalized spacial score (nSPS) is 23.6. The second kappa shape index (κ2) is 8.13. The molecule has 1 aliphatic rings. The molecule has 1 atom stereocenters. The molecule has 0 saturated heterocycles. The van der Waals surface area contributed by atoms with E-state index in [1.165, 1.54) is 30.2 Å². The number of hydrogen-bond acceptors (Lipinski definition) is 2. The van der Waals surface area contributed by atoms with Gasteiger partial charge in [0, 0.05) is 11.1 Å². The van der Waals surface area contributed by atoms with Crippen molar-refractivity contribution in [3.8, 4) is 0 Å². The minimum absolute atomic E-state index is 0.150. The van der Waals surface area contributed by atoms with Gasteiger partial charge in [-0.05, 0) is 33.1 Å². The van der Waals surface area contributed by atoms with E-state index in [9.17, 15) is 0 Å². The van der Waals surface area contributed by atoms with Gasteiger partial charge in [-0.3, -0.25) is 0 Å². The fourth-order valence-electron chi connectivity index (χ4n) is 2.08. The van der Waals surface area contributed by atoms with Crippen LogP contribution in [0.15, 0.2) is 10.2 Å². The van der Waals surface area contributed by atoms with Gasteiger partial charge in [0.25, 0.3) is 0 Å². The van der Waals surface area contributed by atoms with Gasteiger partial charge in [0.1, 0.15) is 11.9 Å². The Bertz CT molecular complexity index is 226. The van der Waals surface area contributed by atoms with E-state index in [1.54, 1.807) is 0 Å². The highest BCUT2D eigenvalue weighted by molar-refractivity contribution is 9.11. The molecular formula is C13H23BrO2. The molecule has 1 rings (SSSR count). The highest BCUT2D eigenvalue weighted by Crippen LogP contribution is 2.29. The zero-order valence-electron chi connectivity index (χ0n) is 10.4. The molecule has 3 heteroatoms. The van der Waals surface area contributed by atoms with Gasteiger partial charge >= 0.3 is 0 Å². The molecule has 0 bridgehead atoms. The molecule has 0 aromatic rings. The van der Waals surface area contributed by atoms with Gasteiger partial charge in [0.2, 0.25) is 0 Å². The molecule has 0 N–H and O–H groups in total. The van der Waals surface area contributed by atoms with Crippen LogP contribution in [0.2, 0.25) is 0 Å². The van der Waals surface area contributed by atoms with Gasteiger partial charge in [-0.1, -0.05) is 35.2 Å². The summed E-state index contributed by atoms with van der Waals surface area (Å²) in [4.78, 5) is 0. The summed E-state index contributed by atoms with van der Waals surface area (Å²) in [6.45, 7) is 5.54. The van der Waals surface area contributed by atoms with E-state index in [1.807, 2.05) is 13.8 Å². The summed E-state index contributed by atoms with van der Waals surface area (Å²) >= 11 is 3.66. The van der Waals surface area contributed by atoms with Crippen molar-refractivity contribution in [3.63, 3.8) is 0 Å². The predicted molar refractivity (Wildman–Crippen MR) is 70.7 cm³/mol. The summed E-state index contributed by atoms with van der Waals surface area (Å²) in [5, 5.41) is 0. The minimum Gasteiger partial charge on any atom is -0.495 e. The number of rotatable bonds is 4. The molecule has 0 aromatic heterocycles. The molecular weight excluding hydrogens is 268 g/mol. The van der Waals surface area contributed by atoms with Gasteiger partial charge in [0.05, 0.1) is 6.61 Å². The zero-order valence-corrected chi connectivity index (χ0v) is 12.0. The van der Waals surface area contributed by atoms with Crippen LogP contribution in [0.25, 0.3) is 0 Å². The molecule has 0 heterocycles. The lowest BCUT2D eigenvalue weighted by molar-refractivity contribution is 0.0318. The van der Waals surface area contributed by atoms with Crippen molar-refractivity contribution in [2.24, 2.45) is 0 Å². The SMILES string of the molecule is CCOC1=C(Br)CCCCCCC1OCC. The summed E-state index contributed by atoms with van der Waals surface area (Å²) in [6.07, 6.45) is 7.42. The number of allylic oxidation sites excluding steroid dienone is 1. The molecule has 0 aliphatic heterocycles. The predicted octanol–water partition coefficient (Wildman–Crippen LogP) is 4.39. The Kier molecular flexibility index (Phi) is 7.13. The quantitative estimate of drug-likeness (QED) is 0.765. The maximum Gasteiger partial charge on any atom is 0.135 e. The molecule has 1 unspecified atom stereocenters. The van der Waals surface area contributed by atoms with Crippen LogP contribution in [0.4, 0.5) is 0 Å². The largest absolute Gasteiger partial charge is 0.495 e. The first-order valence-corrected chi connectivity index (χ1v) is 7.21. The second-order valence-electron chi connectivity index (χ2n) is 4.10. The van der Waals surface area contributed by atoms with Crippen molar-refractivity contribution in [1.29, 1.82) is 0 Å². The van der Waals surface area contributed by atoms with Crippen LogP contribution >= 0.6 is 15.9 Å². The summed E-state index contributed by atoms with van der Waals surface area (Å²) in [6, 6.07) is 0. The topological polar surface area (TPSA) is 18.5 Å². The zero-order chi connectivity index (χ0) is 11.8. The van der Waals surface area contributed by atoms with Crippen molar-refractivity contribution in [3.05, 3.63) is 10.2 Å². The molecule has 0 aromatic carbocycles. The van der Waals surface area contributed by atoms with E-state index in [0.717, 1.165) is 25.2 Å². The van der Waals surface area contributed by atoms with E-state index in [4.69, 9.17) is 9.47 Å². The molecule has 1 aliphatic carbocycles. The number of hydrogen-bond donors (Lipinski definition) is 0. The van der Waals surface area contributed by atoms with Crippen molar-refractivity contribution in [2.75, 3.05) is 13.2 Å². The fraction of sp³-hybridized carbons (Fsp3) is 0.846. The highest BCUT2D eigenvalue weighted by atomic mass is 79.9. The molecule has 0 radical (unpaired) electrons. The monoisotopic (exact) mass is 290 g/mol. The summed E-state index contributed by atoms with van der Waals surface area (Å²) in [7, 11) is 0. The number of halogens is 1. The third-order valence-electron chi connectivity index (χ3n) is 2.84. The summed E-state index contributed by atoms with van der Waals surface area (Å²) < 4.78 is 12.8. The first kappa shape index (κ1) is 14.0. The molecule has 2 nitrogen and oxygen atoms in total. The van der Waals surface area contributed by atoms with E-state index < -0.39 is 0 Å². The average molecular weight is 291 g/mol. The Hall–Kier alpha value is -0.0200. The smallest absolute Gasteiger partial charge is 0.135 e. The molecule has 16 heavy (non-hydrogen) atoms. The Morgan fingerprint density at radius 2 is 1.88 bits per heavy atom. The Balaban J connectivity index is 2.77. The minimum atomic E-state index is 0.150. The van der Waals surface area contributed by atoms with Crippen LogP contribution < -0.4 is 0 Å². The third kappa shape index (κ3) is 4.46. The Labute approximate surface area is 108 Å². The van der Waals surface area contributed by atoms with E-state index in [0.29, 0.717) is 6.61 Å². The van der Waals surface area contributed by atoms with Crippen LogP contribution in [0.5, 0.6) is 0 Å². The maximum atomic E-state index is 5.80. The molecule has 0 fully saturated rings. The van der Waals surface area contributed by atoms with Crippen LogP contribution in [0.1, 0.15) is 52.4 Å². The van der Waals surface area contributed by atoms with Crippen LogP contribution in [-0.4, -0.2) is 19.3 Å². The van der Waals surface area contributed by atoms with Crippen LogP contribution in [0, 0.1) is 0 Å². The van der Waals surface area contributed by atoms with Gasteiger partial charge in [-0.2, -0.15) is 0 Å². The van der Waals surface area contributed by atoms with Crippen LogP contribution in [-0.2, 0) is 9.47 Å². The molecule has 94 valence electrons. The average Bonchev–Trinajstić information content (AvgIpc) is 2.35. The number of ether oxygens (including phenoxy) is 2. The molecule has 0 amide bonds. The van der Waals surface area contributed by atoms with Gasteiger partial charge in [-0.25, -0.2) is 0 Å². The van der Waals surface area contributed by atoms with Crippen molar-refractivity contribution >= 4 is 15.9 Å². The van der Waals surface area contributed by atoms with Crippen molar-refractivity contribution in [2.45, 2.75) is 58.5 Å². The lowest BCUT2D eigenvalue weighted by atomic mass is 10.1. The standard InChI is InChI=1S/C13H23BrO2/c1-3-15-12-10-8-6-5-7-9-11(14)13(12)16-4-2/h12H,3-10H2,1-2H3. The fourth-order valence-corrected chi connectivity index (χ4v) is 2.73. The first-order chi connectivity index (χ1) is 7.79. The molecule has 0 saturated carbocycles. The Morgan fingerprint density at radius 3 is 2.56 bits per heavy atom. The second-order valence-corrected chi connectivity index (χ2v) is 5.06. The van der Waals surface area contributed by atoms with Crippen LogP contribution in [0.3, 0.4) is 0 Å². The first-order valence-electron chi connectivity index (χ1n) is 6.42. The van der Waals surface area contributed by atoms with Gasteiger partial charge < -0.3 is 9.47 Å². The van der Waals surface area contributed by atoms with E-state index in [2.05, 4.69) is 15.9 Å². The molecule has 0 spiro atoms. The van der Waals surface area contributed by atoms with Gasteiger partial charge in [0.15, 0.2) is 0 Å². The van der Waals surface area contributed by atoms with Crippen molar-refractivity contribution in [1.82, 2.24) is 0 Å². The van der Waals surface area contributed by atoms with Crippen molar-refractivity contribution < 1.29 is 9.47 Å². The summed E-state index contributed by atoms with van der Waals surface area (Å²) in [5.41, 5.74) is 0. The van der Waals surface area contributed by atoms with E-state index in [-0.39, 0.29) is 6.10 Å². The summed E-state index contributed by atoms with van der Waals surface area (Å²) in [5.74, 6) is 1.03. The highest BCUT2D eigenvalue weighted by Gasteiger charge is 2.20.